The number of benzene rings is 2. The third-order valence-electron chi connectivity index (χ3n) is 5.91. The lowest BCUT2D eigenvalue weighted by Gasteiger charge is -2.52. The normalized spacial score (nSPS) is 17.7. The zero-order valence-corrected chi connectivity index (χ0v) is 17.0. The highest BCUT2D eigenvalue weighted by Crippen LogP contribution is 2.37. The number of para-hydroxylation sites is 2. The molecular formula is C23H27N3O3. The van der Waals surface area contributed by atoms with Gasteiger partial charge in [0.2, 0.25) is 0 Å². The summed E-state index contributed by atoms with van der Waals surface area (Å²) in [6, 6.07) is 15.1. The van der Waals surface area contributed by atoms with Crippen LogP contribution in [0.15, 0.2) is 48.5 Å². The molecule has 1 spiro atoms. The number of rotatable bonds is 4. The van der Waals surface area contributed by atoms with Crippen molar-refractivity contribution in [2.75, 3.05) is 31.1 Å². The van der Waals surface area contributed by atoms with E-state index in [-0.39, 0.29) is 11.8 Å². The van der Waals surface area contributed by atoms with E-state index in [9.17, 15) is 9.59 Å². The number of hydrogen-bond donors (Lipinski definition) is 1. The van der Waals surface area contributed by atoms with E-state index in [1.54, 1.807) is 0 Å². The van der Waals surface area contributed by atoms with E-state index >= 15 is 0 Å². The summed E-state index contributed by atoms with van der Waals surface area (Å²) < 4.78 is 5.63. The number of amides is 2. The van der Waals surface area contributed by atoms with Crippen molar-refractivity contribution >= 4 is 17.5 Å². The summed E-state index contributed by atoms with van der Waals surface area (Å²) in [6.45, 7) is 6.49. The Bertz CT molecular complexity index is 919. The minimum absolute atomic E-state index is 0.0190. The second-order valence-electron chi connectivity index (χ2n) is 7.47. The minimum Gasteiger partial charge on any atom is -0.493 e. The summed E-state index contributed by atoms with van der Waals surface area (Å²) >= 11 is 0. The summed E-state index contributed by atoms with van der Waals surface area (Å²) in [5, 5.41) is 3.24. The number of nitrogens with zero attached hydrogens (tertiary/aromatic N) is 2. The zero-order valence-electron chi connectivity index (χ0n) is 17.0. The van der Waals surface area contributed by atoms with Gasteiger partial charge in [0, 0.05) is 32.5 Å². The summed E-state index contributed by atoms with van der Waals surface area (Å²) in [6.07, 6.45) is 1.37. The van der Waals surface area contributed by atoms with E-state index in [4.69, 9.17) is 4.74 Å². The molecule has 0 radical (unpaired) electrons. The van der Waals surface area contributed by atoms with Crippen LogP contribution in [0.4, 0.5) is 5.69 Å². The molecule has 0 atom stereocenters. The van der Waals surface area contributed by atoms with Gasteiger partial charge in [-0.1, -0.05) is 24.3 Å². The lowest BCUT2D eigenvalue weighted by Crippen LogP contribution is -2.68. The molecule has 6 heteroatoms. The van der Waals surface area contributed by atoms with Crippen LogP contribution in [-0.4, -0.2) is 48.6 Å². The fraction of sp³-hybridized carbons (Fsp3) is 0.391. The lowest BCUT2D eigenvalue weighted by molar-refractivity contribution is 0.0600. The number of carbonyl (C=O) groups excluding carboxylic acids is 2. The summed E-state index contributed by atoms with van der Waals surface area (Å²) in [7, 11) is 0. The smallest absolute Gasteiger partial charge is 0.257 e. The monoisotopic (exact) mass is 393 g/mol. The van der Waals surface area contributed by atoms with Gasteiger partial charge in [0.05, 0.1) is 23.4 Å². The molecule has 2 aliphatic rings. The predicted octanol–water partition coefficient (Wildman–Crippen LogP) is 3.29. The second-order valence-corrected chi connectivity index (χ2v) is 7.47. The number of likely N-dealkylation sites (tertiary alicyclic amines) is 1. The highest BCUT2D eigenvalue weighted by Gasteiger charge is 2.45. The molecule has 2 heterocycles. The first-order valence-corrected chi connectivity index (χ1v) is 10.3. The number of piperidine rings is 1. The number of nitrogens with one attached hydrogen (secondary N) is 1. The zero-order chi connectivity index (χ0) is 20.4. The Hall–Kier alpha value is -3.02. The first-order chi connectivity index (χ1) is 14.1. The molecular weight excluding hydrogens is 366 g/mol. The Morgan fingerprint density at radius 3 is 2.48 bits per heavy atom. The van der Waals surface area contributed by atoms with Gasteiger partial charge in [0.15, 0.2) is 0 Å². The van der Waals surface area contributed by atoms with Crippen molar-refractivity contribution in [1.29, 1.82) is 0 Å². The van der Waals surface area contributed by atoms with Crippen LogP contribution in [-0.2, 0) is 0 Å². The van der Waals surface area contributed by atoms with Crippen LogP contribution in [0, 0.1) is 0 Å². The first kappa shape index (κ1) is 19.3. The number of anilines is 1. The van der Waals surface area contributed by atoms with Crippen molar-refractivity contribution < 1.29 is 14.3 Å². The van der Waals surface area contributed by atoms with Crippen LogP contribution in [0.25, 0.3) is 0 Å². The van der Waals surface area contributed by atoms with Crippen LogP contribution in [0.1, 0.15) is 47.4 Å². The molecule has 0 saturated carbocycles. The molecule has 1 N–H and O–H groups in total. The molecule has 4 rings (SSSR count). The van der Waals surface area contributed by atoms with Crippen LogP contribution < -0.4 is 15.0 Å². The third kappa shape index (κ3) is 3.33. The Kier molecular flexibility index (Phi) is 5.18. The summed E-state index contributed by atoms with van der Waals surface area (Å²) in [5.74, 6) is 0.566. The van der Waals surface area contributed by atoms with Crippen LogP contribution >= 0.6 is 0 Å². The van der Waals surface area contributed by atoms with Gasteiger partial charge in [-0.3, -0.25) is 9.59 Å². The van der Waals surface area contributed by atoms with Crippen LogP contribution in [0.5, 0.6) is 5.75 Å². The van der Waals surface area contributed by atoms with Gasteiger partial charge in [0.25, 0.3) is 11.8 Å². The highest BCUT2D eigenvalue weighted by atomic mass is 16.5. The quantitative estimate of drug-likeness (QED) is 0.866. The summed E-state index contributed by atoms with van der Waals surface area (Å²) in [4.78, 5) is 30.0. The number of hydrogen-bond acceptors (Lipinski definition) is 4. The standard InChI is InChI=1S/C23H27N3O3/c1-3-26-19-11-7-5-9-17(19)21(27)24-23(26)13-15-25(16-14-23)22(28)18-10-6-8-12-20(18)29-4-2/h5-12H,3-4,13-16H2,1-2H3,(H,24,27). The van der Waals surface area contributed by atoms with Gasteiger partial charge in [-0.25, -0.2) is 0 Å². The molecule has 2 aliphatic heterocycles. The minimum atomic E-state index is -0.448. The van der Waals surface area contributed by atoms with E-state index in [1.807, 2.05) is 60.4 Å². The van der Waals surface area contributed by atoms with Gasteiger partial charge in [0.1, 0.15) is 11.4 Å². The van der Waals surface area contributed by atoms with Crippen LogP contribution in [0.2, 0.25) is 0 Å². The van der Waals surface area contributed by atoms with Gasteiger partial charge in [-0.05, 0) is 38.1 Å². The molecule has 2 aromatic carbocycles. The molecule has 29 heavy (non-hydrogen) atoms. The van der Waals surface area contributed by atoms with E-state index < -0.39 is 5.66 Å². The molecule has 2 aromatic rings. The predicted molar refractivity (Wildman–Crippen MR) is 112 cm³/mol. The van der Waals surface area contributed by atoms with Crippen LogP contribution in [0.3, 0.4) is 0 Å². The third-order valence-corrected chi connectivity index (χ3v) is 5.91. The van der Waals surface area contributed by atoms with Gasteiger partial charge < -0.3 is 19.9 Å². The first-order valence-electron chi connectivity index (χ1n) is 10.3. The Morgan fingerprint density at radius 1 is 1.07 bits per heavy atom. The van der Waals surface area contributed by atoms with Gasteiger partial charge in [-0.15, -0.1) is 0 Å². The summed E-state index contributed by atoms with van der Waals surface area (Å²) in [5.41, 5.74) is 1.83. The maximum absolute atomic E-state index is 13.1. The number of carbonyl (C=O) groups is 2. The van der Waals surface area contributed by atoms with Crippen molar-refractivity contribution in [2.24, 2.45) is 0 Å². The fourth-order valence-electron chi connectivity index (χ4n) is 4.52. The van der Waals surface area contributed by atoms with Gasteiger partial charge >= 0.3 is 0 Å². The lowest BCUT2D eigenvalue weighted by atomic mass is 9.89. The van der Waals surface area contributed by atoms with E-state index in [0.717, 1.165) is 12.2 Å². The topological polar surface area (TPSA) is 61.9 Å². The molecule has 0 unspecified atom stereocenters. The van der Waals surface area contributed by atoms with Crippen molar-refractivity contribution in [3.05, 3.63) is 59.7 Å². The maximum Gasteiger partial charge on any atom is 0.257 e. The molecule has 1 fully saturated rings. The van der Waals surface area contributed by atoms with E-state index in [0.29, 0.717) is 49.4 Å². The van der Waals surface area contributed by atoms with Crippen molar-refractivity contribution in [3.63, 3.8) is 0 Å². The number of ether oxygens (including phenoxy) is 1. The van der Waals surface area contributed by atoms with Crippen molar-refractivity contribution in [3.8, 4) is 5.75 Å². The molecule has 0 aliphatic carbocycles. The van der Waals surface area contributed by atoms with Crippen molar-refractivity contribution in [1.82, 2.24) is 10.2 Å². The molecule has 6 nitrogen and oxygen atoms in total. The molecule has 1 saturated heterocycles. The Labute approximate surface area is 171 Å². The molecule has 0 aromatic heterocycles. The average Bonchev–Trinajstić information content (AvgIpc) is 2.75. The molecule has 2 amide bonds. The Balaban J connectivity index is 1.55. The SMILES string of the molecule is CCOc1ccccc1C(=O)N1CCC2(CC1)NC(=O)c1ccccc1N2CC. The fourth-order valence-corrected chi connectivity index (χ4v) is 4.52. The second kappa shape index (κ2) is 7.78. The largest absolute Gasteiger partial charge is 0.493 e. The molecule has 152 valence electrons. The average molecular weight is 393 g/mol. The Morgan fingerprint density at radius 2 is 1.76 bits per heavy atom. The van der Waals surface area contributed by atoms with Gasteiger partial charge in [-0.2, -0.15) is 0 Å². The van der Waals surface area contributed by atoms with E-state index in [1.165, 1.54) is 0 Å². The molecule has 0 bridgehead atoms. The van der Waals surface area contributed by atoms with Crippen molar-refractivity contribution in [2.45, 2.75) is 32.4 Å². The highest BCUT2D eigenvalue weighted by molar-refractivity contribution is 6.02. The van der Waals surface area contributed by atoms with E-state index in [2.05, 4.69) is 17.1 Å². The maximum atomic E-state index is 13.1. The number of fused-ring (bicyclic) bond motifs is 1.